The van der Waals surface area contributed by atoms with Crippen LogP contribution in [-0.2, 0) is 6.42 Å². The number of aromatic nitrogens is 2. The van der Waals surface area contributed by atoms with Gasteiger partial charge in [0, 0.05) is 25.0 Å². The van der Waals surface area contributed by atoms with E-state index >= 15 is 0 Å². The second-order valence-corrected chi connectivity index (χ2v) is 6.61. The molecule has 3 aromatic rings. The standard InChI is InChI=1S/C20H24N4O/c1-15-9-10-24-14-18(22-19(24)11-15)20(25)21-13-17(23(2)3)12-16-7-5-4-6-8-16/h4-11,14,17H,12-13H2,1-3H3,(H,21,25). The summed E-state index contributed by atoms with van der Waals surface area (Å²) in [7, 11) is 4.07. The topological polar surface area (TPSA) is 49.6 Å². The van der Waals surface area contributed by atoms with Gasteiger partial charge in [-0.15, -0.1) is 0 Å². The quantitative estimate of drug-likeness (QED) is 0.753. The smallest absolute Gasteiger partial charge is 0.271 e. The first-order valence-electron chi connectivity index (χ1n) is 8.47. The molecule has 1 atom stereocenters. The van der Waals surface area contributed by atoms with E-state index in [9.17, 15) is 4.79 Å². The van der Waals surface area contributed by atoms with Gasteiger partial charge in [0.1, 0.15) is 11.3 Å². The fourth-order valence-corrected chi connectivity index (χ4v) is 2.82. The molecule has 0 saturated heterocycles. The van der Waals surface area contributed by atoms with E-state index in [0.717, 1.165) is 17.6 Å². The summed E-state index contributed by atoms with van der Waals surface area (Å²) in [6.07, 6.45) is 4.58. The summed E-state index contributed by atoms with van der Waals surface area (Å²) in [4.78, 5) is 19.0. The molecule has 130 valence electrons. The van der Waals surface area contributed by atoms with Crippen LogP contribution in [-0.4, -0.2) is 46.9 Å². The lowest BCUT2D eigenvalue weighted by atomic mass is 10.1. The van der Waals surface area contributed by atoms with Gasteiger partial charge in [-0.05, 0) is 50.7 Å². The SMILES string of the molecule is Cc1ccn2cc(C(=O)NCC(Cc3ccccc3)N(C)C)nc2c1. The van der Waals surface area contributed by atoms with E-state index in [4.69, 9.17) is 0 Å². The van der Waals surface area contributed by atoms with Crippen LogP contribution in [0, 0.1) is 6.92 Å². The van der Waals surface area contributed by atoms with Crippen molar-refractivity contribution in [3.8, 4) is 0 Å². The molecule has 2 heterocycles. The lowest BCUT2D eigenvalue weighted by Gasteiger charge is -2.24. The third-order valence-corrected chi connectivity index (χ3v) is 4.39. The Morgan fingerprint density at radius 2 is 2.00 bits per heavy atom. The molecule has 0 aliphatic rings. The van der Waals surface area contributed by atoms with Crippen molar-refractivity contribution in [1.82, 2.24) is 19.6 Å². The third kappa shape index (κ3) is 4.25. The summed E-state index contributed by atoms with van der Waals surface area (Å²) in [6.45, 7) is 2.59. The summed E-state index contributed by atoms with van der Waals surface area (Å²) in [5.74, 6) is -0.138. The van der Waals surface area contributed by atoms with Crippen molar-refractivity contribution < 1.29 is 4.79 Å². The summed E-state index contributed by atoms with van der Waals surface area (Å²) in [5, 5.41) is 3.02. The Labute approximate surface area is 148 Å². The molecule has 1 unspecified atom stereocenters. The van der Waals surface area contributed by atoms with Crippen LogP contribution < -0.4 is 5.32 Å². The lowest BCUT2D eigenvalue weighted by molar-refractivity contribution is 0.0937. The predicted molar refractivity (Wildman–Crippen MR) is 99.9 cm³/mol. The minimum absolute atomic E-state index is 0.138. The van der Waals surface area contributed by atoms with Crippen molar-refractivity contribution in [3.05, 3.63) is 71.7 Å². The van der Waals surface area contributed by atoms with Crippen molar-refractivity contribution in [2.24, 2.45) is 0 Å². The van der Waals surface area contributed by atoms with E-state index in [1.54, 1.807) is 6.20 Å². The second-order valence-electron chi connectivity index (χ2n) is 6.61. The van der Waals surface area contributed by atoms with Gasteiger partial charge in [0.05, 0.1) is 0 Å². The minimum atomic E-state index is -0.138. The molecule has 0 aliphatic heterocycles. The van der Waals surface area contributed by atoms with Gasteiger partial charge >= 0.3 is 0 Å². The Balaban J connectivity index is 1.66. The number of fused-ring (bicyclic) bond motifs is 1. The van der Waals surface area contributed by atoms with Crippen LogP contribution in [0.15, 0.2) is 54.9 Å². The number of nitrogens with one attached hydrogen (secondary N) is 1. The summed E-state index contributed by atoms with van der Waals surface area (Å²) < 4.78 is 1.87. The molecule has 5 nitrogen and oxygen atoms in total. The molecule has 0 aliphatic carbocycles. The number of amides is 1. The van der Waals surface area contributed by atoms with Crippen LogP contribution in [0.2, 0.25) is 0 Å². The molecule has 0 saturated carbocycles. The van der Waals surface area contributed by atoms with E-state index in [-0.39, 0.29) is 11.9 Å². The van der Waals surface area contributed by atoms with Crippen LogP contribution in [0.3, 0.4) is 0 Å². The highest BCUT2D eigenvalue weighted by Crippen LogP contribution is 2.09. The Bertz CT molecular complexity index is 855. The highest BCUT2D eigenvalue weighted by atomic mass is 16.1. The summed E-state index contributed by atoms with van der Waals surface area (Å²) >= 11 is 0. The number of aryl methyl sites for hydroxylation is 1. The van der Waals surface area contributed by atoms with E-state index < -0.39 is 0 Å². The maximum atomic E-state index is 12.5. The van der Waals surface area contributed by atoms with Crippen molar-refractivity contribution in [2.75, 3.05) is 20.6 Å². The Hall–Kier alpha value is -2.66. The fourth-order valence-electron chi connectivity index (χ4n) is 2.82. The second kappa shape index (κ2) is 7.49. The zero-order chi connectivity index (χ0) is 17.8. The highest BCUT2D eigenvalue weighted by molar-refractivity contribution is 5.92. The number of carbonyl (C=O) groups excluding carboxylic acids is 1. The van der Waals surface area contributed by atoms with Gasteiger partial charge < -0.3 is 14.6 Å². The number of carbonyl (C=O) groups is 1. The Morgan fingerprint density at radius 3 is 2.72 bits per heavy atom. The number of pyridine rings is 1. The number of nitrogens with zero attached hydrogens (tertiary/aromatic N) is 3. The highest BCUT2D eigenvalue weighted by Gasteiger charge is 2.16. The third-order valence-electron chi connectivity index (χ3n) is 4.39. The summed E-state index contributed by atoms with van der Waals surface area (Å²) in [6, 6.07) is 14.5. The number of likely N-dealkylation sites (N-methyl/N-ethyl adjacent to an activating group) is 1. The van der Waals surface area contributed by atoms with Crippen LogP contribution in [0.5, 0.6) is 0 Å². The van der Waals surface area contributed by atoms with Crippen molar-refractivity contribution in [1.29, 1.82) is 0 Å². The van der Waals surface area contributed by atoms with E-state index in [0.29, 0.717) is 12.2 Å². The predicted octanol–water partition coefficient (Wildman–Crippen LogP) is 2.55. The molecule has 1 amide bonds. The molecule has 0 radical (unpaired) electrons. The average Bonchev–Trinajstić information content (AvgIpc) is 3.02. The first-order valence-corrected chi connectivity index (χ1v) is 8.47. The zero-order valence-electron chi connectivity index (χ0n) is 14.9. The molecule has 2 aromatic heterocycles. The maximum absolute atomic E-state index is 12.5. The van der Waals surface area contributed by atoms with Crippen LogP contribution in [0.25, 0.3) is 5.65 Å². The first-order chi connectivity index (χ1) is 12.0. The maximum Gasteiger partial charge on any atom is 0.271 e. The molecule has 25 heavy (non-hydrogen) atoms. The van der Waals surface area contributed by atoms with Gasteiger partial charge in [0.2, 0.25) is 0 Å². The normalized spacial score (nSPS) is 12.5. The molecule has 1 N–H and O–H groups in total. The van der Waals surface area contributed by atoms with E-state index in [1.165, 1.54) is 5.56 Å². The van der Waals surface area contributed by atoms with Crippen LogP contribution in [0.4, 0.5) is 0 Å². The molecular formula is C20H24N4O. The summed E-state index contributed by atoms with van der Waals surface area (Å²) in [5.41, 5.74) is 3.63. The van der Waals surface area contributed by atoms with E-state index in [1.807, 2.05) is 61.9 Å². The molecule has 0 spiro atoms. The van der Waals surface area contributed by atoms with Gasteiger partial charge in [-0.1, -0.05) is 30.3 Å². The van der Waals surface area contributed by atoms with Crippen LogP contribution in [0.1, 0.15) is 21.6 Å². The molecule has 1 aromatic carbocycles. The number of hydrogen-bond donors (Lipinski definition) is 1. The van der Waals surface area contributed by atoms with Gasteiger partial charge in [-0.25, -0.2) is 4.98 Å². The van der Waals surface area contributed by atoms with Gasteiger partial charge in [0.25, 0.3) is 5.91 Å². The molecule has 0 bridgehead atoms. The zero-order valence-corrected chi connectivity index (χ0v) is 14.9. The van der Waals surface area contributed by atoms with Crippen LogP contribution >= 0.6 is 0 Å². The fraction of sp³-hybridized carbons (Fsp3) is 0.300. The molecule has 5 heteroatoms. The first kappa shape index (κ1) is 17.2. The van der Waals surface area contributed by atoms with Gasteiger partial charge in [-0.2, -0.15) is 0 Å². The van der Waals surface area contributed by atoms with E-state index in [2.05, 4.69) is 27.3 Å². The average molecular weight is 336 g/mol. The van der Waals surface area contributed by atoms with Crippen molar-refractivity contribution >= 4 is 11.6 Å². The number of hydrogen-bond acceptors (Lipinski definition) is 3. The largest absolute Gasteiger partial charge is 0.349 e. The van der Waals surface area contributed by atoms with Gasteiger partial charge in [0.15, 0.2) is 0 Å². The minimum Gasteiger partial charge on any atom is -0.349 e. The molecule has 0 fully saturated rings. The lowest BCUT2D eigenvalue weighted by Crippen LogP contribution is -2.41. The van der Waals surface area contributed by atoms with Crippen molar-refractivity contribution in [2.45, 2.75) is 19.4 Å². The van der Waals surface area contributed by atoms with Crippen molar-refractivity contribution in [3.63, 3.8) is 0 Å². The molecular weight excluding hydrogens is 312 g/mol. The monoisotopic (exact) mass is 336 g/mol. The molecule has 3 rings (SSSR count). The Morgan fingerprint density at radius 1 is 1.24 bits per heavy atom. The van der Waals surface area contributed by atoms with Gasteiger partial charge in [-0.3, -0.25) is 4.79 Å². The number of rotatable bonds is 6. The Kier molecular flexibility index (Phi) is 5.14. The number of benzene rings is 1. The number of imidazole rings is 1.